The van der Waals surface area contributed by atoms with Crippen LogP contribution in [0.25, 0.3) is 10.9 Å². The van der Waals surface area contributed by atoms with Crippen molar-refractivity contribution >= 4 is 46.1 Å². The number of aryl methyl sites for hydroxylation is 1. The van der Waals surface area contributed by atoms with Crippen molar-refractivity contribution in [2.75, 3.05) is 10.6 Å². The number of nitrogens with zero attached hydrogens (tertiary/aromatic N) is 3. The molecule has 1 aromatic heterocycles. The van der Waals surface area contributed by atoms with Crippen molar-refractivity contribution < 1.29 is 23.9 Å². The summed E-state index contributed by atoms with van der Waals surface area (Å²) in [6, 6.07) is 20.4. The molecule has 1 aliphatic carbocycles. The first-order valence-electron chi connectivity index (χ1n) is 13.8. The minimum absolute atomic E-state index is 0.0281. The minimum Gasteiger partial charge on any atom is -0.410 e. The lowest BCUT2D eigenvalue weighted by atomic mass is 9.97. The fourth-order valence-corrected chi connectivity index (χ4v) is 6.13. The second kappa shape index (κ2) is 11.0. The summed E-state index contributed by atoms with van der Waals surface area (Å²) < 4.78 is 6.70. The largest absolute Gasteiger partial charge is 0.417 e. The summed E-state index contributed by atoms with van der Waals surface area (Å²) in [5, 5.41) is 10.3. The van der Waals surface area contributed by atoms with Gasteiger partial charge in [-0.25, -0.2) is 4.79 Å². The molecule has 2 bridgehead atoms. The number of aromatic nitrogens is 2. The van der Waals surface area contributed by atoms with Crippen LogP contribution >= 0.6 is 0 Å². The van der Waals surface area contributed by atoms with Crippen LogP contribution in [0.5, 0.6) is 5.75 Å². The predicted octanol–water partition coefficient (Wildman–Crippen LogP) is 4.07. The van der Waals surface area contributed by atoms with Crippen LogP contribution in [0.2, 0.25) is 0 Å². The van der Waals surface area contributed by atoms with E-state index in [-0.39, 0.29) is 36.0 Å². The van der Waals surface area contributed by atoms with Gasteiger partial charge in [0.1, 0.15) is 18.3 Å². The number of nitrogens with one attached hydrogen (secondary N) is 2. The number of likely N-dealkylation sites (tertiary alicyclic amines) is 1. The lowest BCUT2D eigenvalue weighted by Crippen LogP contribution is -2.51. The molecule has 2 fully saturated rings. The van der Waals surface area contributed by atoms with Gasteiger partial charge in [-0.3, -0.25) is 24.4 Å². The predicted molar refractivity (Wildman–Crippen MR) is 156 cm³/mol. The number of carbonyl (C=O) groups excluding carboxylic acids is 4. The molecule has 2 aliphatic rings. The van der Waals surface area contributed by atoms with Crippen molar-refractivity contribution in [3.05, 3.63) is 84.1 Å². The molecule has 2 heterocycles. The fraction of sp³-hybridized carbons (Fsp3) is 0.258. The SMILES string of the molecule is Cc1cccc(NC(=O)[C@@H]2[C@H]3CC[C@H](C3)N2C(=O)Cn2nc(C(N)=O)c3cc(NC(=O)Oc4ccccc4)ccc32)c1. The van der Waals surface area contributed by atoms with Gasteiger partial charge in [0, 0.05) is 22.8 Å². The lowest BCUT2D eigenvalue weighted by molar-refractivity contribution is -0.141. The first kappa shape index (κ1) is 27.0. The van der Waals surface area contributed by atoms with Crippen LogP contribution in [0, 0.1) is 12.8 Å². The summed E-state index contributed by atoms with van der Waals surface area (Å²) in [4.78, 5) is 53.5. The van der Waals surface area contributed by atoms with Gasteiger partial charge >= 0.3 is 6.09 Å². The van der Waals surface area contributed by atoms with Gasteiger partial charge in [0.2, 0.25) is 11.8 Å². The molecule has 0 spiro atoms. The molecule has 6 rings (SSSR count). The zero-order chi connectivity index (χ0) is 29.4. The normalized spacial score (nSPS) is 19.1. The highest BCUT2D eigenvalue weighted by Crippen LogP contribution is 2.43. The van der Waals surface area contributed by atoms with Crippen LogP contribution in [-0.2, 0) is 16.1 Å². The summed E-state index contributed by atoms with van der Waals surface area (Å²) in [6.45, 7) is 1.78. The van der Waals surface area contributed by atoms with Crippen LogP contribution in [0.4, 0.5) is 16.2 Å². The van der Waals surface area contributed by atoms with Gasteiger partial charge in [-0.15, -0.1) is 0 Å². The molecule has 0 unspecified atom stereocenters. The number of hydrogen-bond acceptors (Lipinski definition) is 6. The monoisotopic (exact) mass is 566 g/mol. The molecular weight excluding hydrogens is 536 g/mol. The van der Waals surface area contributed by atoms with Crippen molar-refractivity contribution in [2.24, 2.45) is 11.7 Å². The van der Waals surface area contributed by atoms with Gasteiger partial charge in [0.05, 0.1) is 5.52 Å². The molecule has 3 aromatic carbocycles. The topological polar surface area (TPSA) is 149 Å². The van der Waals surface area contributed by atoms with E-state index >= 15 is 0 Å². The van der Waals surface area contributed by atoms with Crippen molar-refractivity contribution in [3.8, 4) is 5.75 Å². The summed E-state index contributed by atoms with van der Waals surface area (Å²) in [5.74, 6) is -0.779. The molecule has 1 saturated heterocycles. The van der Waals surface area contributed by atoms with E-state index in [9.17, 15) is 19.2 Å². The number of primary amides is 1. The molecule has 11 nitrogen and oxygen atoms in total. The molecule has 214 valence electrons. The number of amides is 4. The number of benzene rings is 3. The van der Waals surface area contributed by atoms with E-state index in [4.69, 9.17) is 10.5 Å². The maximum atomic E-state index is 13.7. The van der Waals surface area contributed by atoms with E-state index in [1.165, 1.54) is 4.68 Å². The molecular formula is C31H30N6O5. The zero-order valence-corrected chi connectivity index (χ0v) is 22.9. The van der Waals surface area contributed by atoms with Crippen molar-refractivity contribution in [1.29, 1.82) is 0 Å². The average Bonchev–Trinajstić information content (AvgIpc) is 3.67. The van der Waals surface area contributed by atoms with Crippen LogP contribution in [0.3, 0.4) is 0 Å². The highest BCUT2D eigenvalue weighted by molar-refractivity contribution is 6.06. The maximum Gasteiger partial charge on any atom is 0.417 e. The number of fused-ring (bicyclic) bond motifs is 3. The van der Waals surface area contributed by atoms with Gasteiger partial charge in [0.25, 0.3) is 5.91 Å². The van der Waals surface area contributed by atoms with E-state index in [0.29, 0.717) is 28.0 Å². The van der Waals surface area contributed by atoms with E-state index in [2.05, 4.69) is 15.7 Å². The number of para-hydroxylation sites is 1. The molecule has 42 heavy (non-hydrogen) atoms. The number of rotatable bonds is 7. The van der Waals surface area contributed by atoms with Crippen LogP contribution in [0.1, 0.15) is 35.3 Å². The van der Waals surface area contributed by atoms with Gasteiger partial charge < -0.3 is 20.7 Å². The molecule has 1 saturated carbocycles. The first-order valence-corrected chi connectivity index (χ1v) is 13.8. The number of hydrogen-bond donors (Lipinski definition) is 3. The van der Waals surface area contributed by atoms with E-state index in [1.807, 2.05) is 31.2 Å². The number of piperidine rings is 1. The van der Waals surface area contributed by atoms with Crippen LogP contribution in [0.15, 0.2) is 72.8 Å². The summed E-state index contributed by atoms with van der Waals surface area (Å²) in [7, 11) is 0. The van der Waals surface area contributed by atoms with Crippen molar-refractivity contribution in [2.45, 2.75) is 44.8 Å². The molecule has 4 N–H and O–H groups in total. The third-order valence-electron chi connectivity index (χ3n) is 7.90. The zero-order valence-electron chi connectivity index (χ0n) is 22.9. The average molecular weight is 567 g/mol. The van der Waals surface area contributed by atoms with Gasteiger partial charge in [-0.1, -0.05) is 30.3 Å². The quantitative estimate of drug-likeness (QED) is 0.307. The Morgan fingerprint density at radius 1 is 0.952 bits per heavy atom. The van der Waals surface area contributed by atoms with Crippen molar-refractivity contribution in [1.82, 2.24) is 14.7 Å². The summed E-state index contributed by atoms with van der Waals surface area (Å²) in [5.41, 5.74) is 8.15. The molecule has 1 aliphatic heterocycles. The third kappa shape index (κ3) is 5.28. The Kier molecular flexibility index (Phi) is 7.07. The molecule has 3 atom stereocenters. The molecule has 4 aromatic rings. The lowest BCUT2D eigenvalue weighted by Gasteiger charge is -2.34. The molecule has 4 amide bonds. The Morgan fingerprint density at radius 3 is 2.50 bits per heavy atom. The Morgan fingerprint density at radius 2 is 1.74 bits per heavy atom. The summed E-state index contributed by atoms with van der Waals surface area (Å²) >= 11 is 0. The minimum atomic E-state index is -0.772. The highest BCUT2D eigenvalue weighted by atomic mass is 16.6. The molecule has 0 radical (unpaired) electrons. The van der Waals surface area contributed by atoms with E-state index < -0.39 is 18.0 Å². The first-order chi connectivity index (χ1) is 20.3. The van der Waals surface area contributed by atoms with Crippen LogP contribution in [-0.4, -0.2) is 50.6 Å². The fourth-order valence-electron chi connectivity index (χ4n) is 6.13. The van der Waals surface area contributed by atoms with Gasteiger partial charge in [-0.2, -0.15) is 5.10 Å². The number of carbonyl (C=O) groups is 4. The number of anilines is 2. The van der Waals surface area contributed by atoms with Gasteiger partial charge in [0.15, 0.2) is 5.69 Å². The standard InChI is InChI=1S/C31H30N6O5/c1-18-6-5-7-20(14-18)33-30(40)28-19-10-12-22(15-19)37(28)26(38)17-36-25-13-11-21(16-24(25)27(35-36)29(32)39)34-31(41)42-23-8-3-2-4-9-23/h2-9,11,13-14,16,19,22,28H,10,12,15,17H2,1H3,(H2,32,39)(H,33,40)(H,34,41)/t19-,22+,28-/m0/s1. The Hall–Kier alpha value is -5.19. The Labute approximate surface area is 241 Å². The third-order valence-corrected chi connectivity index (χ3v) is 7.90. The summed E-state index contributed by atoms with van der Waals surface area (Å²) in [6.07, 6.45) is 1.80. The van der Waals surface area contributed by atoms with E-state index in [0.717, 1.165) is 24.8 Å². The van der Waals surface area contributed by atoms with Gasteiger partial charge in [-0.05, 0) is 80.1 Å². The second-order valence-electron chi connectivity index (χ2n) is 10.8. The maximum absolute atomic E-state index is 13.7. The van der Waals surface area contributed by atoms with Crippen molar-refractivity contribution in [3.63, 3.8) is 0 Å². The number of nitrogens with two attached hydrogens (primary N) is 1. The smallest absolute Gasteiger partial charge is 0.410 e. The molecule has 11 heteroatoms. The van der Waals surface area contributed by atoms with Crippen LogP contribution < -0.4 is 21.1 Å². The number of ether oxygens (including phenoxy) is 1. The highest BCUT2D eigenvalue weighted by Gasteiger charge is 2.51. The second-order valence-corrected chi connectivity index (χ2v) is 10.8. The van der Waals surface area contributed by atoms with E-state index in [1.54, 1.807) is 53.4 Å². The Balaban J connectivity index is 1.22. The Bertz CT molecular complexity index is 1700.